The predicted molar refractivity (Wildman–Crippen MR) is 73.9 cm³/mol. The topological polar surface area (TPSA) is 87.7 Å². The standard InChI is InChI=1S/C13H14ClFN2O4/c1-13(11(18)19)6-21-5-10(13)17-12(20)16-9-3-2-7(15)4-8(9)14/h2-4,10H,5-6H2,1H3,(H,18,19)(H2,16,17,20). The van der Waals surface area contributed by atoms with Gasteiger partial charge in [0.2, 0.25) is 0 Å². The summed E-state index contributed by atoms with van der Waals surface area (Å²) in [5, 5.41) is 14.2. The van der Waals surface area contributed by atoms with Crippen molar-refractivity contribution < 1.29 is 23.8 Å². The van der Waals surface area contributed by atoms with Gasteiger partial charge >= 0.3 is 12.0 Å². The third-order valence-electron chi connectivity index (χ3n) is 3.43. The van der Waals surface area contributed by atoms with E-state index in [-0.39, 0.29) is 23.9 Å². The zero-order valence-electron chi connectivity index (χ0n) is 11.2. The van der Waals surface area contributed by atoms with E-state index in [1.807, 2.05) is 0 Å². The molecule has 2 unspecified atom stereocenters. The summed E-state index contributed by atoms with van der Waals surface area (Å²) < 4.78 is 18.0. The number of carboxylic acid groups (broad SMARTS) is 1. The Labute approximate surface area is 125 Å². The van der Waals surface area contributed by atoms with Crippen LogP contribution in [0.1, 0.15) is 6.92 Å². The Kier molecular flexibility index (Phi) is 4.34. The van der Waals surface area contributed by atoms with E-state index in [1.165, 1.54) is 13.0 Å². The molecule has 0 bridgehead atoms. The normalized spacial score (nSPS) is 24.6. The van der Waals surface area contributed by atoms with Crippen LogP contribution in [0.25, 0.3) is 0 Å². The maximum absolute atomic E-state index is 12.9. The van der Waals surface area contributed by atoms with Gasteiger partial charge in [-0.05, 0) is 25.1 Å². The van der Waals surface area contributed by atoms with Gasteiger partial charge in [-0.1, -0.05) is 11.6 Å². The molecule has 0 radical (unpaired) electrons. The van der Waals surface area contributed by atoms with E-state index < -0.39 is 29.3 Å². The second-order valence-corrected chi connectivity index (χ2v) is 5.42. The highest BCUT2D eigenvalue weighted by Gasteiger charge is 2.47. The number of anilines is 1. The van der Waals surface area contributed by atoms with Crippen LogP contribution >= 0.6 is 11.6 Å². The van der Waals surface area contributed by atoms with E-state index in [9.17, 15) is 19.1 Å². The molecule has 0 aromatic heterocycles. The largest absolute Gasteiger partial charge is 0.481 e. The lowest BCUT2D eigenvalue weighted by atomic mass is 9.85. The minimum atomic E-state index is -1.19. The van der Waals surface area contributed by atoms with Crippen molar-refractivity contribution in [2.75, 3.05) is 18.5 Å². The molecule has 3 N–H and O–H groups in total. The lowest BCUT2D eigenvalue weighted by Crippen LogP contribution is -2.50. The summed E-state index contributed by atoms with van der Waals surface area (Å²) >= 11 is 5.80. The molecule has 1 fully saturated rings. The number of carbonyl (C=O) groups excluding carboxylic acids is 1. The summed E-state index contributed by atoms with van der Waals surface area (Å²) in [7, 11) is 0. The van der Waals surface area contributed by atoms with Crippen LogP contribution in [0.4, 0.5) is 14.9 Å². The molecule has 114 valence electrons. The molecule has 1 saturated heterocycles. The molecule has 1 heterocycles. The van der Waals surface area contributed by atoms with E-state index >= 15 is 0 Å². The number of hydrogen-bond donors (Lipinski definition) is 3. The number of ether oxygens (including phenoxy) is 1. The van der Waals surface area contributed by atoms with Crippen LogP contribution < -0.4 is 10.6 Å². The summed E-state index contributed by atoms with van der Waals surface area (Å²) in [4.78, 5) is 23.1. The second-order valence-electron chi connectivity index (χ2n) is 5.01. The van der Waals surface area contributed by atoms with Crippen LogP contribution in [-0.2, 0) is 9.53 Å². The molecule has 1 aliphatic heterocycles. The average molecular weight is 317 g/mol. The van der Waals surface area contributed by atoms with Crippen molar-refractivity contribution >= 4 is 29.3 Å². The first-order chi connectivity index (χ1) is 9.83. The van der Waals surface area contributed by atoms with Gasteiger partial charge < -0.3 is 20.5 Å². The number of urea groups is 1. The number of hydrogen-bond acceptors (Lipinski definition) is 3. The number of nitrogens with one attached hydrogen (secondary N) is 2. The molecule has 1 aromatic rings. The number of carboxylic acids is 1. The number of halogens is 2. The first kappa shape index (κ1) is 15.5. The highest BCUT2D eigenvalue weighted by atomic mass is 35.5. The summed E-state index contributed by atoms with van der Waals surface area (Å²) in [5.41, 5.74) is -0.962. The fraction of sp³-hybridized carbons (Fsp3) is 0.385. The van der Waals surface area contributed by atoms with Crippen LogP contribution in [0.15, 0.2) is 18.2 Å². The molecule has 1 aromatic carbocycles. The first-order valence-electron chi connectivity index (χ1n) is 6.16. The summed E-state index contributed by atoms with van der Waals surface area (Å²) in [6.07, 6.45) is 0. The molecule has 0 spiro atoms. The van der Waals surface area contributed by atoms with Crippen LogP contribution in [0.3, 0.4) is 0 Å². The molecule has 0 aliphatic carbocycles. The van der Waals surface area contributed by atoms with Crippen molar-refractivity contribution in [1.82, 2.24) is 5.32 Å². The van der Waals surface area contributed by atoms with E-state index in [1.54, 1.807) is 0 Å². The molecule has 21 heavy (non-hydrogen) atoms. The minimum Gasteiger partial charge on any atom is -0.481 e. The molecule has 1 aliphatic rings. The van der Waals surface area contributed by atoms with Gasteiger partial charge in [0.15, 0.2) is 0 Å². The average Bonchev–Trinajstić information content (AvgIpc) is 2.76. The van der Waals surface area contributed by atoms with Gasteiger partial charge in [-0.2, -0.15) is 0 Å². The molecule has 2 amide bonds. The number of carbonyl (C=O) groups is 2. The van der Waals surface area contributed by atoms with Gasteiger partial charge in [0, 0.05) is 0 Å². The molecule has 0 saturated carbocycles. The van der Waals surface area contributed by atoms with E-state index in [0.29, 0.717) is 0 Å². The third kappa shape index (κ3) is 3.25. The van der Waals surface area contributed by atoms with Crippen molar-refractivity contribution in [2.24, 2.45) is 5.41 Å². The van der Waals surface area contributed by atoms with Crippen LogP contribution in [-0.4, -0.2) is 36.4 Å². The van der Waals surface area contributed by atoms with Gasteiger partial charge in [0.25, 0.3) is 0 Å². The van der Waals surface area contributed by atoms with Crippen molar-refractivity contribution in [3.05, 3.63) is 29.0 Å². The molecule has 6 nitrogen and oxygen atoms in total. The van der Waals surface area contributed by atoms with E-state index in [0.717, 1.165) is 12.1 Å². The minimum absolute atomic E-state index is 0.0184. The molecule has 2 rings (SSSR count). The second kappa shape index (κ2) is 5.87. The smallest absolute Gasteiger partial charge is 0.319 e. The Hall–Kier alpha value is -1.86. The lowest BCUT2D eigenvalue weighted by Gasteiger charge is -2.25. The zero-order valence-corrected chi connectivity index (χ0v) is 11.9. The SMILES string of the molecule is CC1(C(=O)O)COCC1NC(=O)Nc1ccc(F)cc1Cl. The number of benzene rings is 1. The Morgan fingerprint density at radius 3 is 2.86 bits per heavy atom. The van der Waals surface area contributed by atoms with Crippen LogP contribution in [0.5, 0.6) is 0 Å². The fourth-order valence-electron chi connectivity index (χ4n) is 1.99. The molecule has 8 heteroatoms. The van der Waals surface area contributed by atoms with Crippen molar-refractivity contribution in [3.8, 4) is 0 Å². The highest BCUT2D eigenvalue weighted by Crippen LogP contribution is 2.29. The lowest BCUT2D eigenvalue weighted by molar-refractivity contribution is -0.148. The van der Waals surface area contributed by atoms with Gasteiger partial charge in [0.05, 0.1) is 30.0 Å². The Balaban J connectivity index is 2.03. The van der Waals surface area contributed by atoms with Gasteiger partial charge in [-0.15, -0.1) is 0 Å². The van der Waals surface area contributed by atoms with E-state index in [2.05, 4.69) is 10.6 Å². The molecular weight excluding hydrogens is 303 g/mol. The van der Waals surface area contributed by atoms with Gasteiger partial charge in [0.1, 0.15) is 11.2 Å². The van der Waals surface area contributed by atoms with Crippen LogP contribution in [0, 0.1) is 11.2 Å². The van der Waals surface area contributed by atoms with Crippen molar-refractivity contribution in [2.45, 2.75) is 13.0 Å². The van der Waals surface area contributed by atoms with Gasteiger partial charge in [-0.3, -0.25) is 4.79 Å². The quantitative estimate of drug-likeness (QED) is 0.797. The highest BCUT2D eigenvalue weighted by molar-refractivity contribution is 6.33. The summed E-state index contributed by atoms with van der Waals surface area (Å²) in [6, 6.07) is 2.23. The third-order valence-corrected chi connectivity index (χ3v) is 3.74. The van der Waals surface area contributed by atoms with Crippen LogP contribution in [0.2, 0.25) is 5.02 Å². The fourth-order valence-corrected chi connectivity index (χ4v) is 2.21. The number of aliphatic carboxylic acids is 1. The first-order valence-corrected chi connectivity index (χ1v) is 6.54. The Morgan fingerprint density at radius 2 is 2.24 bits per heavy atom. The van der Waals surface area contributed by atoms with Crippen molar-refractivity contribution in [3.63, 3.8) is 0 Å². The number of amides is 2. The number of rotatable bonds is 3. The zero-order chi connectivity index (χ0) is 15.6. The summed E-state index contributed by atoms with van der Waals surface area (Å²) in [6.45, 7) is 1.62. The Bertz CT molecular complexity index is 583. The molecular formula is C13H14ClFN2O4. The molecule has 2 atom stereocenters. The Morgan fingerprint density at radius 1 is 1.52 bits per heavy atom. The monoisotopic (exact) mass is 316 g/mol. The maximum Gasteiger partial charge on any atom is 0.319 e. The van der Waals surface area contributed by atoms with E-state index in [4.69, 9.17) is 16.3 Å². The van der Waals surface area contributed by atoms with Gasteiger partial charge in [-0.25, -0.2) is 9.18 Å². The maximum atomic E-state index is 12.9. The van der Waals surface area contributed by atoms with Crippen molar-refractivity contribution in [1.29, 1.82) is 0 Å². The predicted octanol–water partition coefficient (Wildman–Crippen LogP) is 2.09. The summed E-state index contributed by atoms with van der Waals surface area (Å²) in [5.74, 6) is -1.57.